The van der Waals surface area contributed by atoms with Crippen molar-refractivity contribution < 1.29 is 8.78 Å². The number of pyridine rings is 1. The van der Waals surface area contributed by atoms with Crippen molar-refractivity contribution in [3.8, 4) is 28.2 Å². The van der Waals surface area contributed by atoms with E-state index in [9.17, 15) is 13.6 Å². The Morgan fingerprint density at radius 2 is 1.36 bits per heavy atom. The molecular weight excluding hydrogens is 356 g/mol. The van der Waals surface area contributed by atoms with Crippen LogP contribution in [0, 0.1) is 18.6 Å². The van der Waals surface area contributed by atoms with Crippen LogP contribution in [-0.4, -0.2) is 4.57 Å². The molecule has 0 amide bonds. The summed E-state index contributed by atoms with van der Waals surface area (Å²) < 4.78 is 31.1. The van der Waals surface area contributed by atoms with Crippen molar-refractivity contribution in [2.24, 2.45) is 0 Å². The summed E-state index contributed by atoms with van der Waals surface area (Å²) in [4.78, 5) is 12.8. The van der Waals surface area contributed by atoms with Gasteiger partial charge in [0.15, 0.2) is 5.43 Å². The van der Waals surface area contributed by atoms with Crippen LogP contribution >= 0.6 is 0 Å². The van der Waals surface area contributed by atoms with E-state index >= 15 is 0 Å². The van der Waals surface area contributed by atoms with Crippen LogP contribution < -0.4 is 5.43 Å². The Hall–Kier alpha value is -3.53. The molecule has 1 aromatic heterocycles. The zero-order valence-electron chi connectivity index (χ0n) is 15.2. The maximum absolute atomic E-state index is 14.8. The molecule has 3 aromatic carbocycles. The minimum atomic E-state index is -0.477. The first-order valence-electron chi connectivity index (χ1n) is 8.90. The van der Waals surface area contributed by atoms with E-state index in [4.69, 9.17) is 0 Å². The van der Waals surface area contributed by atoms with Crippen molar-refractivity contribution in [2.75, 3.05) is 0 Å². The zero-order valence-corrected chi connectivity index (χ0v) is 15.2. The van der Waals surface area contributed by atoms with Crippen molar-refractivity contribution in [3.63, 3.8) is 0 Å². The van der Waals surface area contributed by atoms with Crippen LogP contribution in [0.3, 0.4) is 0 Å². The molecule has 0 saturated carbocycles. The van der Waals surface area contributed by atoms with Crippen molar-refractivity contribution in [1.82, 2.24) is 4.57 Å². The van der Waals surface area contributed by atoms with Gasteiger partial charge in [0.05, 0.1) is 17.1 Å². The summed E-state index contributed by atoms with van der Waals surface area (Å²) in [5.41, 5.74) is 2.31. The second kappa shape index (κ2) is 7.24. The van der Waals surface area contributed by atoms with Crippen molar-refractivity contribution >= 4 is 0 Å². The minimum Gasteiger partial charge on any atom is -0.306 e. The molecular formula is C24H17F2NO. The lowest BCUT2D eigenvalue weighted by molar-refractivity contribution is 0.616. The van der Waals surface area contributed by atoms with Crippen LogP contribution in [0.5, 0.6) is 0 Å². The summed E-state index contributed by atoms with van der Waals surface area (Å²) in [6, 6.07) is 23.1. The number of hydrogen-bond acceptors (Lipinski definition) is 1. The predicted octanol–water partition coefficient (Wildman–Crippen LogP) is 5.76. The SMILES string of the molecule is Cc1c(-c2ccccc2)n(-c2ccccc2F)c(-c2ccccc2F)cc1=O. The molecule has 0 aliphatic heterocycles. The van der Waals surface area contributed by atoms with E-state index in [-0.39, 0.29) is 16.7 Å². The van der Waals surface area contributed by atoms with Gasteiger partial charge in [-0.1, -0.05) is 54.6 Å². The maximum atomic E-state index is 14.8. The summed E-state index contributed by atoms with van der Waals surface area (Å²) in [7, 11) is 0. The molecule has 0 aliphatic carbocycles. The van der Waals surface area contributed by atoms with E-state index in [1.807, 2.05) is 30.3 Å². The molecule has 0 radical (unpaired) electrons. The van der Waals surface area contributed by atoms with Gasteiger partial charge in [0.2, 0.25) is 0 Å². The maximum Gasteiger partial charge on any atom is 0.185 e. The molecule has 4 heteroatoms. The van der Waals surface area contributed by atoms with Gasteiger partial charge in [0, 0.05) is 17.2 Å². The first kappa shape index (κ1) is 17.9. The van der Waals surface area contributed by atoms with Crippen LogP contribution in [0.2, 0.25) is 0 Å². The van der Waals surface area contributed by atoms with Crippen molar-refractivity contribution in [1.29, 1.82) is 0 Å². The van der Waals surface area contributed by atoms with Crippen LogP contribution in [0.25, 0.3) is 28.2 Å². The summed E-state index contributed by atoms with van der Waals surface area (Å²) in [5.74, 6) is -0.935. The molecule has 0 spiro atoms. The van der Waals surface area contributed by atoms with Gasteiger partial charge in [0.1, 0.15) is 11.6 Å². The lowest BCUT2D eigenvalue weighted by Gasteiger charge is -2.22. The van der Waals surface area contributed by atoms with Gasteiger partial charge < -0.3 is 4.57 Å². The molecule has 0 fully saturated rings. The Labute approximate surface area is 161 Å². The standard InChI is InChI=1S/C24H17F2NO/c1-16-23(28)15-22(18-11-5-6-12-19(18)25)27(21-14-8-7-13-20(21)26)24(16)17-9-3-2-4-10-17/h2-15H,1H3. The Bertz CT molecular complexity index is 1210. The fourth-order valence-electron chi connectivity index (χ4n) is 3.39. The van der Waals surface area contributed by atoms with Crippen LogP contribution in [0.15, 0.2) is 89.7 Å². The lowest BCUT2D eigenvalue weighted by atomic mass is 10.0. The van der Waals surface area contributed by atoms with Crippen molar-refractivity contribution in [3.05, 3.63) is 112 Å². The normalized spacial score (nSPS) is 10.8. The third-order valence-electron chi connectivity index (χ3n) is 4.75. The smallest absolute Gasteiger partial charge is 0.185 e. The Morgan fingerprint density at radius 3 is 2.04 bits per heavy atom. The second-order valence-electron chi connectivity index (χ2n) is 6.50. The van der Waals surface area contributed by atoms with E-state index in [2.05, 4.69) is 0 Å². The highest BCUT2D eigenvalue weighted by molar-refractivity contribution is 5.73. The highest BCUT2D eigenvalue weighted by atomic mass is 19.1. The molecule has 4 rings (SSSR count). The van der Waals surface area contributed by atoms with E-state index in [0.717, 1.165) is 5.56 Å². The Kier molecular flexibility index (Phi) is 4.62. The van der Waals surface area contributed by atoms with Gasteiger partial charge in [0.25, 0.3) is 0 Å². The average Bonchev–Trinajstić information content (AvgIpc) is 2.71. The number of para-hydroxylation sites is 1. The quantitative estimate of drug-likeness (QED) is 0.448. The van der Waals surface area contributed by atoms with E-state index in [1.165, 1.54) is 18.2 Å². The summed E-state index contributed by atoms with van der Waals surface area (Å²) in [6.07, 6.45) is 0. The molecule has 2 nitrogen and oxygen atoms in total. The fourth-order valence-corrected chi connectivity index (χ4v) is 3.39. The zero-order chi connectivity index (χ0) is 19.7. The molecule has 0 atom stereocenters. The fraction of sp³-hybridized carbons (Fsp3) is 0.0417. The summed E-state index contributed by atoms with van der Waals surface area (Å²) in [5, 5.41) is 0. The van der Waals surface area contributed by atoms with Gasteiger partial charge >= 0.3 is 0 Å². The van der Waals surface area contributed by atoms with Gasteiger partial charge in [-0.15, -0.1) is 0 Å². The lowest BCUT2D eigenvalue weighted by Crippen LogP contribution is -2.16. The average molecular weight is 373 g/mol. The number of nitrogens with zero attached hydrogens (tertiary/aromatic N) is 1. The molecule has 0 N–H and O–H groups in total. The Balaban J connectivity index is 2.20. The second-order valence-corrected chi connectivity index (χ2v) is 6.50. The molecule has 138 valence electrons. The monoisotopic (exact) mass is 373 g/mol. The highest BCUT2D eigenvalue weighted by Crippen LogP contribution is 2.33. The van der Waals surface area contributed by atoms with E-state index < -0.39 is 11.6 Å². The number of benzene rings is 3. The van der Waals surface area contributed by atoms with Crippen LogP contribution in [0.4, 0.5) is 8.78 Å². The molecule has 1 heterocycles. The van der Waals surface area contributed by atoms with E-state index in [1.54, 1.807) is 47.9 Å². The Morgan fingerprint density at radius 1 is 0.750 bits per heavy atom. The van der Waals surface area contributed by atoms with Crippen molar-refractivity contribution in [2.45, 2.75) is 6.92 Å². The molecule has 28 heavy (non-hydrogen) atoms. The molecule has 0 saturated heterocycles. The van der Waals surface area contributed by atoms with Gasteiger partial charge in [-0.05, 0) is 36.8 Å². The first-order valence-corrected chi connectivity index (χ1v) is 8.90. The number of hydrogen-bond donors (Lipinski definition) is 0. The van der Waals surface area contributed by atoms with Gasteiger partial charge in [-0.2, -0.15) is 0 Å². The topological polar surface area (TPSA) is 22.0 Å². The third-order valence-corrected chi connectivity index (χ3v) is 4.75. The number of rotatable bonds is 3. The third kappa shape index (κ3) is 3.03. The largest absolute Gasteiger partial charge is 0.306 e. The summed E-state index contributed by atoms with van der Waals surface area (Å²) in [6.45, 7) is 1.70. The van der Waals surface area contributed by atoms with Gasteiger partial charge in [-0.25, -0.2) is 8.78 Å². The van der Waals surface area contributed by atoms with E-state index in [0.29, 0.717) is 17.0 Å². The molecule has 0 aliphatic rings. The minimum absolute atomic E-state index is 0.232. The molecule has 0 bridgehead atoms. The van der Waals surface area contributed by atoms with Gasteiger partial charge in [-0.3, -0.25) is 4.79 Å². The van der Waals surface area contributed by atoms with Crippen LogP contribution in [-0.2, 0) is 0 Å². The highest BCUT2D eigenvalue weighted by Gasteiger charge is 2.20. The predicted molar refractivity (Wildman–Crippen MR) is 108 cm³/mol. The molecule has 4 aromatic rings. The molecule has 0 unspecified atom stereocenters. The first-order chi connectivity index (χ1) is 13.6. The number of halogens is 2. The van der Waals surface area contributed by atoms with Crippen LogP contribution in [0.1, 0.15) is 5.56 Å². The summed E-state index contributed by atoms with van der Waals surface area (Å²) >= 11 is 0. The number of aromatic nitrogens is 1.